The smallest absolute Gasteiger partial charge is 0.0351 e. The molecule has 2 aromatic carbocycles. The van der Waals surface area contributed by atoms with Crippen LogP contribution in [0, 0.1) is 5.92 Å². The van der Waals surface area contributed by atoms with E-state index in [-0.39, 0.29) is 0 Å². The second-order valence-electron chi connectivity index (χ2n) is 5.71. The average molecular weight is 266 g/mol. The molecule has 1 aliphatic rings. The molecular weight excluding hydrogens is 244 g/mol. The molecule has 1 saturated carbocycles. The molecule has 0 amide bonds. The molecule has 0 radical (unpaired) electrons. The number of hydrogen-bond donors (Lipinski definition) is 2. The predicted molar refractivity (Wildman–Crippen MR) is 84.2 cm³/mol. The van der Waals surface area contributed by atoms with E-state index in [4.69, 9.17) is 5.73 Å². The summed E-state index contributed by atoms with van der Waals surface area (Å²) in [5.41, 5.74) is 9.34. The van der Waals surface area contributed by atoms with Gasteiger partial charge in [0, 0.05) is 18.3 Å². The van der Waals surface area contributed by atoms with E-state index < -0.39 is 0 Å². The van der Waals surface area contributed by atoms with Crippen molar-refractivity contribution in [3.63, 3.8) is 0 Å². The molecule has 0 heterocycles. The first-order chi connectivity index (χ1) is 9.83. The van der Waals surface area contributed by atoms with Crippen molar-refractivity contribution in [3.8, 4) is 0 Å². The fraction of sp³-hybridized carbons (Fsp3) is 0.333. The molecule has 1 unspecified atom stereocenters. The highest BCUT2D eigenvalue weighted by Gasteiger charge is 2.27. The molecule has 0 bridgehead atoms. The number of rotatable bonds is 5. The normalized spacial score (nSPS) is 16.6. The van der Waals surface area contributed by atoms with Crippen molar-refractivity contribution in [1.29, 1.82) is 0 Å². The maximum absolute atomic E-state index is 5.85. The summed E-state index contributed by atoms with van der Waals surface area (Å²) in [4.78, 5) is 0. The molecule has 20 heavy (non-hydrogen) atoms. The number of nitrogens with two attached hydrogens (primary N) is 1. The van der Waals surface area contributed by atoms with Gasteiger partial charge < -0.3 is 11.1 Å². The first-order valence-corrected chi connectivity index (χ1v) is 7.46. The van der Waals surface area contributed by atoms with E-state index in [0.29, 0.717) is 6.04 Å². The highest BCUT2D eigenvalue weighted by molar-refractivity contribution is 5.40. The SMILES string of the molecule is Nc1cccc(CNC(c2ccccc2)C2CCC2)c1. The highest BCUT2D eigenvalue weighted by atomic mass is 14.9. The number of benzene rings is 2. The number of nitrogens with one attached hydrogen (secondary N) is 1. The Labute approximate surface area is 121 Å². The van der Waals surface area contributed by atoms with Crippen LogP contribution in [0.4, 0.5) is 5.69 Å². The third-order valence-corrected chi connectivity index (χ3v) is 4.26. The standard InChI is InChI=1S/C18H22N2/c19-17-11-4-6-14(12-17)13-20-18(16-9-5-10-16)15-7-2-1-3-8-15/h1-4,6-8,11-12,16,18,20H,5,9-10,13,19H2. The van der Waals surface area contributed by atoms with Crippen molar-refractivity contribution in [2.45, 2.75) is 31.8 Å². The topological polar surface area (TPSA) is 38.0 Å². The maximum Gasteiger partial charge on any atom is 0.0351 e. The van der Waals surface area contributed by atoms with Crippen LogP contribution in [-0.2, 0) is 6.54 Å². The van der Waals surface area contributed by atoms with Gasteiger partial charge in [0.05, 0.1) is 0 Å². The third kappa shape index (κ3) is 3.02. The molecule has 2 heteroatoms. The molecule has 1 aliphatic carbocycles. The summed E-state index contributed by atoms with van der Waals surface area (Å²) in [6.07, 6.45) is 4.04. The average Bonchev–Trinajstić information content (AvgIpc) is 2.42. The zero-order valence-electron chi connectivity index (χ0n) is 11.8. The van der Waals surface area contributed by atoms with Gasteiger partial charge in [-0.05, 0) is 42.0 Å². The van der Waals surface area contributed by atoms with Gasteiger partial charge in [0.25, 0.3) is 0 Å². The van der Waals surface area contributed by atoms with Crippen molar-refractivity contribution >= 4 is 5.69 Å². The summed E-state index contributed by atoms with van der Waals surface area (Å²) in [5.74, 6) is 0.776. The lowest BCUT2D eigenvalue weighted by molar-refractivity contribution is 0.229. The zero-order chi connectivity index (χ0) is 13.8. The molecular formula is C18H22N2. The number of hydrogen-bond acceptors (Lipinski definition) is 2. The first-order valence-electron chi connectivity index (χ1n) is 7.46. The van der Waals surface area contributed by atoms with E-state index in [2.05, 4.69) is 47.8 Å². The van der Waals surface area contributed by atoms with Gasteiger partial charge in [-0.3, -0.25) is 0 Å². The van der Waals surface area contributed by atoms with E-state index in [0.717, 1.165) is 18.2 Å². The van der Waals surface area contributed by atoms with Crippen LogP contribution < -0.4 is 11.1 Å². The van der Waals surface area contributed by atoms with Gasteiger partial charge in [0.1, 0.15) is 0 Å². The molecule has 0 saturated heterocycles. The fourth-order valence-electron chi connectivity index (χ4n) is 2.92. The van der Waals surface area contributed by atoms with Crippen LogP contribution in [0.15, 0.2) is 54.6 Å². The predicted octanol–water partition coefficient (Wildman–Crippen LogP) is 3.90. The minimum atomic E-state index is 0.464. The van der Waals surface area contributed by atoms with E-state index in [1.165, 1.54) is 30.4 Å². The minimum absolute atomic E-state index is 0.464. The molecule has 3 N–H and O–H groups in total. The molecule has 2 aromatic rings. The van der Waals surface area contributed by atoms with Crippen LogP contribution in [-0.4, -0.2) is 0 Å². The molecule has 3 rings (SSSR count). The van der Waals surface area contributed by atoms with Gasteiger partial charge in [-0.25, -0.2) is 0 Å². The molecule has 1 atom stereocenters. The molecule has 104 valence electrons. The van der Waals surface area contributed by atoms with Crippen molar-refractivity contribution < 1.29 is 0 Å². The maximum atomic E-state index is 5.85. The van der Waals surface area contributed by atoms with Gasteiger partial charge in [0.2, 0.25) is 0 Å². The van der Waals surface area contributed by atoms with Gasteiger partial charge in [0.15, 0.2) is 0 Å². The molecule has 0 spiro atoms. The lowest BCUT2D eigenvalue weighted by Gasteiger charge is -2.35. The van der Waals surface area contributed by atoms with E-state index in [9.17, 15) is 0 Å². The summed E-state index contributed by atoms with van der Waals surface area (Å²) in [6, 6.07) is 19.4. The minimum Gasteiger partial charge on any atom is -0.399 e. The van der Waals surface area contributed by atoms with Crippen LogP contribution in [0.2, 0.25) is 0 Å². The zero-order valence-corrected chi connectivity index (χ0v) is 11.8. The summed E-state index contributed by atoms with van der Waals surface area (Å²) in [7, 11) is 0. The summed E-state index contributed by atoms with van der Waals surface area (Å²) < 4.78 is 0. The van der Waals surface area contributed by atoms with Crippen molar-refractivity contribution in [3.05, 3.63) is 65.7 Å². The van der Waals surface area contributed by atoms with E-state index >= 15 is 0 Å². The van der Waals surface area contributed by atoms with Crippen molar-refractivity contribution in [2.24, 2.45) is 5.92 Å². The Morgan fingerprint density at radius 3 is 2.50 bits per heavy atom. The lowest BCUT2D eigenvalue weighted by Crippen LogP contribution is -2.31. The quantitative estimate of drug-likeness (QED) is 0.805. The number of nitrogen functional groups attached to an aromatic ring is 1. The van der Waals surface area contributed by atoms with Crippen LogP contribution in [0.5, 0.6) is 0 Å². The second kappa shape index (κ2) is 6.10. The Balaban J connectivity index is 1.71. The van der Waals surface area contributed by atoms with Crippen molar-refractivity contribution in [1.82, 2.24) is 5.32 Å². The van der Waals surface area contributed by atoms with Gasteiger partial charge in [-0.2, -0.15) is 0 Å². The first kappa shape index (κ1) is 13.2. The molecule has 0 aromatic heterocycles. The molecule has 0 aliphatic heterocycles. The van der Waals surface area contributed by atoms with E-state index in [1.54, 1.807) is 0 Å². The Kier molecular flexibility index (Phi) is 4.03. The van der Waals surface area contributed by atoms with E-state index in [1.807, 2.05) is 12.1 Å². The largest absolute Gasteiger partial charge is 0.399 e. The summed E-state index contributed by atoms with van der Waals surface area (Å²) in [6.45, 7) is 0.876. The fourth-order valence-corrected chi connectivity index (χ4v) is 2.92. The Hall–Kier alpha value is -1.80. The second-order valence-corrected chi connectivity index (χ2v) is 5.71. The van der Waals surface area contributed by atoms with Crippen molar-refractivity contribution in [2.75, 3.05) is 5.73 Å². The highest BCUT2D eigenvalue weighted by Crippen LogP contribution is 2.37. The van der Waals surface area contributed by atoms with Gasteiger partial charge in [-0.15, -0.1) is 0 Å². The Morgan fingerprint density at radius 1 is 1.05 bits per heavy atom. The van der Waals surface area contributed by atoms with Crippen LogP contribution in [0.1, 0.15) is 36.4 Å². The molecule has 1 fully saturated rings. The Morgan fingerprint density at radius 2 is 1.85 bits per heavy atom. The van der Waals surface area contributed by atoms with Crippen LogP contribution in [0.25, 0.3) is 0 Å². The summed E-state index contributed by atoms with van der Waals surface area (Å²) in [5, 5.41) is 3.73. The summed E-state index contributed by atoms with van der Waals surface area (Å²) >= 11 is 0. The van der Waals surface area contributed by atoms with Crippen LogP contribution in [0.3, 0.4) is 0 Å². The Bertz CT molecular complexity index is 546. The number of anilines is 1. The lowest BCUT2D eigenvalue weighted by atomic mass is 9.77. The monoisotopic (exact) mass is 266 g/mol. The van der Waals surface area contributed by atoms with Crippen LogP contribution >= 0.6 is 0 Å². The van der Waals surface area contributed by atoms with Gasteiger partial charge >= 0.3 is 0 Å². The van der Waals surface area contributed by atoms with Gasteiger partial charge in [-0.1, -0.05) is 48.9 Å². The third-order valence-electron chi connectivity index (χ3n) is 4.26. The molecule has 2 nitrogen and oxygen atoms in total.